The summed E-state index contributed by atoms with van der Waals surface area (Å²) in [7, 11) is -3.53. The van der Waals surface area contributed by atoms with E-state index in [0.717, 1.165) is 25.7 Å². The number of nitrogens with zero attached hydrogens (tertiary/aromatic N) is 1. The van der Waals surface area contributed by atoms with Crippen molar-refractivity contribution in [2.45, 2.75) is 51.0 Å². The third kappa shape index (κ3) is 2.98. The van der Waals surface area contributed by atoms with Gasteiger partial charge >= 0.3 is 0 Å². The normalized spacial score (nSPS) is 17.6. The van der Waals surface area contributed by atoms with E-state index in [-0.39, 0.29) is 16.9 Å². The molecule has 0 radical (unpaired) electrons. The standard InChI is InChI=1S/C12H22N4O2S/c1-3-4-12(5-6-12)8-14-19(17,18)11-9(2)15-16-10(11)7-13/h14H,3-8,13H2,1-2H3,(H,15,16). The Labute approximate surface area is 114 Å². The average Bonchev–Trinajstić information content (AvgIpc) is 3.02. The first kappa shape index (κ1) is 14.5. The van der Waals surface area contributed by atoms with Crippen LogP contribution in [-0.2, 0) is 16.6 Å². The maximum atomic E-state index is 12.3. The van der Waals surface area contributed by atoms with Gasteiger partial charge in [-0.05, 0) is 31.6 Å². The van der Waals surface area contributed by atoms with Crippen LogP contribution in [0, 0.1) is 12.3 Å². The number of rotatable bonds is 7. The Bertz CT molecular complexity index is 546. The van der Waals surface area contributed by atoms with Crippen LogP contribution >= 0.6 is 0 Å². The summed E-state index contributed by atoms with van der Waals surface area (Å²) in [6.07, 6.45) is 4.37. The Hall–Kier alpha value is -0.920. The van der Waals surface area contributed by atoms with Crippen LogP contribution in [-0.4, -0.2) is 25.2 Å². The third-order valence-electron chi connectivity index (χ3n) is 3.80. The van der Waals surface area contributed by atoms with Gasteiger partial charge in [0.25, 0.3) is 0 Å². The number of aromatic nitrogens is 2. The van der Waals surface area contributed by atoms with Crippen LogP contribution in [0.4, 0.5) is 0 Å². The molecule has 1 aromatic heterocycles. The molecular weight excluding hydrogens is 264 g/mol. The van der Waals surface area contributed by atoms with E-state index in [2.05, 4.69) is 21.8 Å². The van der Waals surface area contributed by atoms with Gasteiger partial charge in [-0.15, -0.1) is 0 Å². The summed E-state index contributed by atoms with van der Waals surface area (Å²) >= 11 is 0. The van der Waals surface area contributed by atoms with Crippen LogP contribution in [0.5, 0.6) is 0 Å². The summed E-state index contributed by atoms with van der Waals surface area (Å²) in [5, 5.41) is 6.61. The van der Waals surface area contributed by atoms with Crippen molar-refractivity contribution in [1.82, 2.24) is 14.9 Å². The molecule has 1 aromatic rings. The van der Waals surface area contributed by atoms with Crippen LogP contribution < -0.4 is 10.5 Å². The quantitative estimate of drug-likeness (QED) is 0.697. The lowest BCUT2D eigenvalue weighted by atomic mass is 10.0. The topological polar surface area (TPSA) is 101 Å². The molecular formula is C12H22N4O2S. The fraction of sp³-hybridized carbons (Fsp3) is 0.750. The average molecular weight is 286 g/mol. The van der Waals surface area contributed by atoms with E-state index < -0.39 is 10.0 Å². The van der Waals surface area contributed by atoms with Gasteiger partial charge in [0.1, 0.15) is 4.90 Å². The molecule has 1 heterocycles. The first-order chi connectivity index (χ1) is 8.94. The van der Waals surface area contributed by atoms with Gasteiger partial charge < -0.3 is 5.73 Å². The number of nitrogens with two attached hydrogens (primary N) is 1. The number of nitrogens with one attached hydrogen (secondary N) is 2. The summed E-state index contributed by atoms with van der Waals surface area (Å²) in [6, 6.07) is 0. The molecule has 0 aliphatic heterocycles. The molecule has 1 aliphatic rings. The van der Waals surface area contributed by atoms with Gasteiger partial charge in [0.15, 0.2) is 0 Å². The zero-order valence-electron chi connectivity index (χ0n) is 11.5. The van der Waals surface area contributed by atoms with E-state index in [1.165, 1.54) is 0 Å². The Kier molecular flexibility index (Phi) is 3.98. The molecule has 0 atom stereocenters. The highest BCUT2D eigenvalue weighted by Crippen LogP contribution is 2.49. The van der Waals surface area contributed by atoms with Crippen molar-refractivity contribution in [2.24, 2.45) is 11.1 Å². The van der Waals surface area contributed by atoms with Gasteiger partial charge in [0.05, 0.1) is 11.4 Å². The van der Waals surface area contributed by atoms with Gasteiger partial charge in [-0.25, -0.2) is 13.1 Å². The van der Waals surface area contributed by atoms with Gasteiger partial charge in [0.2, 0.25) is 10.0 Å². The van der Waals surface area contributed by atoms with Gasteiger partial charge in [0, 0.05) is 13.1 Å². The number of aryl methyl sites for hydroxylation is 1. The molecule has 19 heavy (non-hydrogen) atoms. The fourth-order valence-corrected chi connectivity index (χ4v) is 4.04. The molecule has 0 saturated heterocycles. The number of H-pyrrole nitrogens is 1. The largest absolute Gasteiger partial charge is 0.325 e. The zero-order valence-corrected chi connectivity index (χ0v) is 12.3. The first-order valence-corrected chi connectivity index (χ1v) is 8.16. The highest BCUT2D eigenvalue weighted by molar-refractivity contribution is 7.89. The molecule has 0 unspecified atom stereocenters. The minimum Gasteiger partial charge on any atom is -0.325 e. The van der Waals surface area contributed by atoms with Crippen LogP contribution in [0.25, 0.3) is 0 Å². The molecule has 0 aromatic carbocycles. The molecule has 1 fully saturated rings. The Morgan fingerprint density at radius 2 is 2.16 bits per heavy atom. The molecule has 2 rings (SSSR count). The molecule has 0 spiro atoms. The summed E-state index contributed by atoms with van der Waals surface area (Å²) in [5.74, 6) is 0. The van der Waals surface area contributed by atoms with Crippen molar-refractivity contribution in [3.63, 3.8) is 0 Å². The number of hydrogen-bond acceptors (Lipinski definition) is 4. The summed E-state index contributed by atoms with van der Waals surface area (Å²) in [4.78, 5) is 0.210. The van der Waals surface area contributed by atoms with E-state index in [1.54, 1.807) is 6.92 Å². The van der Waals surface area contributed by atoms with E-state index in [1.807, 2.05) is 0 Å². The number of sulfonamides is 1. The van der Waals surface area contributed by atoms with Crippen molar-refractivity contribution in [2.75, 3.05) is 6.54 Å². The van der Waals surface area contributed by atoms with E-state index >= 15 is 0 Å². The first-order valence-electron chi connectivity index (χ1n) is 6.68. The van der Waals surface area contributed by atoms with Crippen LogP contribution in [0.3, 0.4) is 0 Å². The van der Waals surface area contributed by atoms with Gasteiger partial charge in [-0.2, -0.15) is 5.10 Å². The van der Waals surface area contributed by atoms with E-state index in [4.69, 9.17) is 5.73 Å². The molecule has 108 valence electrons. The van der Waals surface area contributed by atoms with E-state index in [0.29, 0.717) is 17.9 Å². The predicted octanol–water partition coefficient (Wildman–Crippen LogP) is 1.04. The van der Waals surface area contributed by atoms with Crippen LogP contribution in [0.2, 0.25) is 0 Å². The highest BCUT2D eigenvalue weighted by Gasteiger charge is 2.42. The molecule has 0 amide bonds. The third-order valence-corrected chi connectivity index (χ3v) is 5.40. The van der Waals surface area contributed by atoms with Gasteiger partial charge in [-0.1, -0.05) is 13.3 Å². The molecule has 1 saturated carbocycles. The maximum absolute atomic E-state index is 12.3. The molecule has 6 nitrogen and oxygen atoms in total. The van der Waals surface area contributed by atoms with Crippen molar-refractivity contribution >= 4 is 10.0 Å². The molecule has 4 N–H and O–H groups in total. The second kappa shape index (κ2) is 5.22. The van der Waals surface area contributed by atoms with Crippen molar-refractivity contribution in [3.05, 3.63) is 11.4 Å². The summed E-state index contributed by atoms with van der Waals surface area (Å²) in [6.45, 7) is 4.44. The minimum atomic E-state index is -3.53. The second-order valence-corrected chi connectivity index (χ2v) is 7.11. The fourth-order valence-electron chi connectivity index (χ4n) is 2.51. The van der Waals surface area contributed by atoms with E-state index in [9.17, 15) is 8.42 Å². The highest BCUT2D eigenvalue weighted by atomic mass is 32.2. The Balaban J connectivity index is 2.12. The lowest BCUT2D eigenvalue weighted by molar-refractivity contribution is 0.449. The second-order valence-electron chi connectivity index (χ2n) is 5.40. The van der Waals surface area contributed by atoms with Crippen LogP contribution in [0.15, 0.2) is 4.90 Å². The minimum absolute atomic E-state index is 0.112. The van der Waals surface area contributed by atoms with Crippen molar-refractivity contribution in [3.8, 4) is 0 Å². The van der Waals surface area contributed by atoms with Crippen molar-refractivity contribution in [1.29, 1.82) is 0 Å². The van der Waals surface area contributed by atoms with Gasteiger partial charge in [-0.3, -0.25) is 5.10 Å². The summed E-state index contributed by atoms with van der Waals surface area (Å²) in [5.41, 5.74) is 6.64. The van der Waals surface area contributed by atoms with Crippen LogP contribution in [0.1, 0.15) is 44.0 Å². The lowest BCUT2D eigenvalue weighted by Crippen LogP contribution is -2.31. The number of hydrogen-bond donors (Lipinski definition) is 3. The SMILES string of the molecule is CCCC1(CNS(=O)(=O)c2c(CN)n[nH]c2C)CC1. The Morgan fingerprint density at radius 3 is 2.68 bits per heavy atom. The monoisotopic (exact) mass is 286 g/mol. The molecule has 7 heteroatoms. The zero-order chi connectivity index (χ0) is 14.1. The summed E-state index contributed by atoms with van der Waals surface area (Å²) < 4.78 is 27.4. The molecule has 1 aliphatic carbocycles. The smallest absolute Gasteiger partial charge is 0.244 e. The van der Waals surface area contributed by atoms with Crippen molar-refractivity contribution < 1.29 is 8.42 Å². The lowest BCUT2D eigenvalue weighted by Gasteiger charge is -2.15. The maximum Gasteiger partial charge on any atom is 0.244 e. The number of aromatic amines is 1. The predicted molar refractivity (Wildman–Crippen MR) is 73.0 cm³/mol. The Morgan fingerprint density at radius 1 is 1.47 bits per heavy atom. The molecule has 0 bridgehead atoms.